The number of carboxylic acids is 1. The van der Waals surface area contributed by atoms with Crippen molar-refractivity contribution in [1.29, 1.82) is 0 Å². The zero-order valence-electron chi connectivity index (χ0n) is 10.7. The summed E-state index contributed by atoms with van der Waals surface area (Å²) in [5.41, 5.74) is 0.322. The fourth-order valence-corrected chi connectivity index (χ4v) is 1.96. The van der Waals surface area contributed by atoms with Crippen LogP contribution in [0.2, 0.25) is 0 Å². The summed E-state index contributed by atoms with van der Waals surface area (Å²) < 4.78 is 0. The molecule has 0 aliphatic heterocycles. The molecule has 18 heavy (non-hydrogen) atoms. The molecular formula is C13H17NO3S. The van der Waals surface area contributed by atoms with Gasteiger partial charge in [-0.3, -0.25) is 4.79 Å². The third kappa shape index (κ3) is 4.33. The van der Waals surface area contributed by atoms with Crippen molar-refractivity contribution in [2.75, 3.05) is 0 Å². The van der Waals surface area contributed by atoms with Crippen LogP contribution in [0.1, 0.15) is 42.4 Å². The van der Waals surface area contributed by atoms with E-state index >= 15 is 0 Å². The summed E-state index contributed by atoms with van der Waals surface area (Å²) in [5.74, 6) is -1.13. The Labute approximate surface area is 110 Å². The summed E-state index contributed by atoms with van der Waals surface area (Å²) in [6.07, 6.45) is 3.38. The van der Waals surface area contributed by atoms with Crippen molar-refractivity contribution in [1.82, 2.24) is 5.32 Å². The second kappa shape index (κ2) is 5.82. The number of carbonyl (C=O) groups excluding carboxylic acids is 1. The number of hydrogen-bond acceptors (Lipinski definition) is 3. The number of hydrogen-bond donors (Lipinski definition) is 2. The third-order valence-electron chi connectivity index (χ3n) is 2.61. The molecular weight excluding hydrogens is 250 g/mol. The maximum atomic E-state index is 11.9. The minimum Gasteiger partial charge on any atom is -0.478 e. The first kappa shape index (κ1) is 14.4. The van der Waals surface area contributed by atoms with Crippen LogP contribution in [0.5, 0.6) is 0 Å². The minimum absolute atomic E-state index is 0.131. The lowest BCUT2D eigenvalue weighted by atomic mass is 10.0. The second-order valence-corrected chi connectivity index (χ2v) is 5.54. The van der Waals surface area contributed by atoms with E-state index in [-0.39, 0.29) is 11.4 Å². The SMILES string of the molecule is CCC(C)(C)NC(=O)c1csc(C=CC(=O)O)c1. The smallest absolute Gasteiger partial charge is 0.328 e. The van der Waals surface area contributed by atoms with Crippen molar-refractivity contribution in [2.45, 2.75) is 32.7 Å². The van der Waals surface area contributed by atoms with Gasteiger partial charge in [0.25, 0.3) is 5.91 Å². The number of nitrogens with one attached hydrogen (secondary N) is 1. The number of thiophene rings is 1. The van der Waals surface area contributed by atoms with E-state index in [4.69, 9.17) is 5.11 Å². The van der Waals surface area contributed by atoms with Crippen molar-refractivity contribution < 1.29 is 14.7 Å². The lowest BCUT2D eigenvalue weighted by molar-refractivity contribution is -0.131. The van der Waals surface area contributed by atoms with E-state index in [0.717, 1.165) is 17.4 Å². The van der Waals surface area contributed by atoms with Gasteiger partial charge in [-0.15, -0.1) is 11.3 Å². The first-order chi connectivity index (χ1) is 8.34. The Morgan fingerprint density at radius 3 is 2.72 bits per heavy atom. The molecule has 0 radical (unpaired) electrons. The van der Waals surface area contributed by atoms with E-state index in [1.54, 1.807) is 11.4 Å². The van der Waals surface area contributed by atoms with Crippen LogP contribution in [0.4, 0.5) is 0 Å². The zero-order chi connectivity index (χ0) is 13.8. The van der Waals surface area contributed by atoms with Crippen molar-refractivity contribution >= 4 is 29.3 Å². The van der Waals surface area contributed by atoms with Gasteiger partial charge in [-0.25, -0.2) is 4.79 Å². The van der Waals surface area contributed by atoms with Crippen LogP contribution >= 0.6 is 11.3 Å². The summed E-state index contributed by atoms with van der Waals surface area (Å²) in [7, 11) is 0. The fraction of sp³-hybridized carbons (Fsp3) is 0.385. The molecule has 0 fully saturated rings. The molecule has 1 heterocycles. The van der Waals surface area contributed by atoms with E-state index in [1.807, 2.05) is 20.8 Å². The van der Waals surface area contributed by atoms with Gasteiger partial charge in [0.15, 0.2) is 0 Å². The maximum Gasteiger partial charge on any atom is 0.328 e. The van der Waals surface area contributed by atoms with Crippen LogP contribution in [0.25, 0.3) is 6.08 Å². The molecule has 1 rings (SSSR count). The Morgan fingerprint density at radius 2 is 2.17 bits per heavy atom. The van der Waals surface area contributed by atoms with Gasteiger partial charge < -0.3 is 10.4 Å². The lowest BCUT2D eigenvalue weighted by Crippen LogP contribution is -2.42. The van der Waals surface area contributed by atoms with E-state index < -0.39 is 5.97 Å². The molecule has 0 atom stereocenters. The van der Waals surface area contributed by atoms with E-state index in [1.165, 1.54) is 17.4 Å². The Balaban J connectivity index is 2.74. The number of amides is 1. The highest BCUT2D eigenvalue weighted by Crippen LogP contribution is 2.17. The van der Waals surface area contributed by atoms with Crippen LogP contribution < -0.4 is 5.32 Å². The molecule has 2 N–H and O–H groups in total. The van der Waals surface area contributed by atoms with Gasteiger partial charge in [-0.2, -0.15) is 0 Å². The number of aliphatic carboxylic acids is 1. The first-order valence-corrected chi connectivity index (χ1v) is 6.54. The lowest BCUT2D eigenvalue weighted by Gasteiger charge is -2.24. The number of carbonyl (C=O) groups is 2. The van der Waals surface area contributed by atoms with Gasteiger partial charge in [-0.1, -0.05) is 6.92 Å². The minimum atomic E-state index is -0.999. The molecule has 1 amide bonds. The molecule has 0 spiro atoms. The molecule has 0 unspecified atom stereocenters. The highest BCUT2D eigenvalue weighted by atomic mass is 32.1. The molecule has 1 aromatic heterocycles. The fourth-order valence-electron chi connectivity index (χ4n) is 1.18. The van der Waals surface area contributed by atoms with Crippen molar-refractivity contribution in [2.24, 2.45) is 0 Å². The molecule has 0 bridgehead atoms. The quantitative estimate of drug-likeness (QED) is 0.806. The van der Waals surface area contributed by atoms with Gasteiger partial charge in [0.2, 0.25) is 0 Å². The molecule has 0 aliphatic carbocycles. The first-order valence-electron chi connectivity index (χ1n) is 5.66. The van der Waals surface area contributed by atoms with Gasteiger partial charge >= 0.3 is 5.97 Å². The van der Waals surface area contributed by atoms with Crippen LogP contribution in [0.3, 0.4) is 0 Å². The summed E-state index contributed by atoms with van der Waals surface area (Å²) >= 11 is 1.34. The van der Waals surface area contributed by atoms with E-state index in [2.05, 4.69) is 5.32 Å². The summed E-state index contributed by atoms with van der Waals surface area (Å²) in [5, 5.41) is 13.2. The average Bonchev–Trinajstić information content (AvgIpc) is 2.74. The summed E-state index contributed by atoms with van der Waals surface area (Å²) in [6, 6.07) is 1.69. The van der Waals surface area contributed by atoms with Crippen molar-refractivity contribution in [3.63, 3.8) is 0 Å². The Hall–Kier alpha value is -1.62. The molecule has 4 nitrogen and oxygen atoms in total. The highest BCUT2D eigenvalue weighted by Gasteiger charge is 2.19. The van der Waals surface area contributed by atoms with Gasteiger partial charge in [0, 0.05) is 21.9 Å². The molecule has 1 aromatic rings. The molecule has 0 aliphatic rings. The van der Waals surface area contributed by atoms with Crippen LogP contribution in [-0.4, -0.2) is 22.5 Å². The van der Waals surface area contributed by atoms with Gasteiger partial charge in [0.1, 0.15) is 0 Å². The van der Waals surface area contributed by atoms with Gasteiger partial charge in [-0.05, 0) is 32.4 Å². The topological polar surface area (TPSA) is 66.4 Å². The molecule has 0 aromatic carbocycles. The van der Waals surface area contributed by atoms with Crippen LogP contribution in [0, 0.1) is 0 Å². The monoisotopic (exact) mass is 267 g/mol. The van der Waals surface area contributed by atoms with Crippen LogP contribution in [-0.2, 0) is 4.79 Å². The van der Waals surface area contributed by atoms with Crippen molar-refractivity contribution in [3.8, 4) is 0 Å². The van der Waals surface area contributed by atoms with Crippen molar-refractivity contribution in [3.05, 3.63) is 28.0 Å². The van der Waals surface area contributed by atoms with Crippen LogP contribution in [0.15, 0.2) is 17.5 Å². The molecule has 98 valence electrons. The molecule has 0 saturated heterocycles. The highest BCUT2D eigenvalue weighted by molar-refractivity contribution is 7.11. The number of rotatable bonds is 5. The normalized spacial score (nSPS) is 11.7. The average molecular weight is 267 g/mol. The number of carboxylic acid groups (broad SMARTS) is 1. The molecule has 5 heteroatoms. The summed E-state index contributed by atoms with van der Waals surface area (Å²) in [6.45, 7) is 5.93. The predicted octanol–water partition coefficient (Wildman–Crippen LogP) is 2.76. The third-order valence-corrected chi connectivity index (χ3v) is 3.51. The summed E-state index contributed by atoms with van der Waals surface area (Å²) in [4.78, 5) is 23.1. The molecule has 0 saturated carbocycles. The Bertz CT molecular complexity index is 474. The van der Waals surface area contributed by atoms with E-state index in [0.29, 0.717) is 5.56 Å². The largest absolute Gasteiger partial charge is 0.478 e. The Morgan fingerprint density at radius 1 is 1.50 bits per heavy atom. The standard InChI is InChI=1S/C13H17NO3S/c1-4-13(2,3)14-12(17)9-7-10(18-8-9)5-6-11(15)16/h5-8H,4H2,1-3H3,(H,14,17)(H,15,16). The maximum absolute atomic E-state index is 11.9. The second-order valence-electron chi connectivity index (χ2n) is 4.60. The Kier molecular flexibility index (Phi) is 4.67. The predicted molar refractivity (Wildman–Crippen MR) is 72.8 cm³/mol. The van der Waals surface area contributed by atoms with E-state index in [9.17, 15) is 9.59 Å². The van der Waals surface area contributed by atoms with Gasteiger partial charge in [0.05, 0.1) is 5.56 Å². The zero-order valence-corrected chi connectivity index (χ0v) is 11.5.